The fraction of sp³-hybridized carbons (Fsp3) is 0.188. The zero-order valence-electron chi connectivity index (χ0n) is 11.6. The Kier molecular flexibility index (Phi) is 6.85. The SMILES string of the molecule is COC(=O)c1ccc(CNCc2ccccc2F)cc1.Cl. The summed E-state index contributed by atoms with van der Waals surface area (Å²) in [6.07, 6.45) is 0. The monoisotopic (exact) mass is 309 g/mol. The molecule has 0 aromatic heterocycles. The number of benzene rings is 2. The molecule has 0 amide bonds. The zero-order chi connectivity index (χ0) is 14.4. The summed E-state index contributed by atoms with van der Waals surface area (Å²) in [6.45, 7) is 1.07. The lowest BCUT2D eigenvalue weighted by Gasteiger charge is -2.06. The normalized spacial score (nSPS) is 9.81. The van der Waals surface area contributed by atoms with E-state index in [1.807, 2.05) is 18.2 Å². The van der Waals surface area contributed by atoms with Crippen LogP contribution in [0.15, 0.2) is 48.5 Å². The summed E-state index contributed by atoms with van der Waals surface area (Å²) in [4.78, 5) is 11.3. The summed E-state index contributed by atoms with van der Waals surface area (Å²) in [5, 5.41) is 3.17. The van der Waals surface area contributed by atoms with E-state index in [-0.39, 0.29) is 24.2 Å². The van der Waals surface area contributed by atoms with E-state index in [9.17, 15) is 9.18 Å². The second-order valence-corrected chi connectivity index (χ2v) is 4.38. The third-order valence-corrected chi connectivity index (χ3v) is 2.98. The third kappa shape index (κ3) is 4.85. The van der Waals surface area contributed by atoms with Crippen LogP contribution in [0.4, 0.5) is 4.39 Å². The molecule has 0 atom stereocenters. The van der Waals surface area contributed by atoms with Crippen molar-refractivity contribution in [2.24, 2.45) is 0 Å². The van der Waals surface area contributed by atoms with E-state index < -0.39 is 0 Å². The standard InChI is InChI=1S/C16H16FNO2.ClH/c1-20-16(19)13-8-6-12(7-9-13)10-18-11-14-4-2-3-5-15(14)17;/h2-9,18H,10-11H2,1H3;1H. The van der Waals surface area contributed by atoms with E-state index in [0.29, 0.717) is 24.2 Å². The fourth-order valence-corrected chi connectivity index (χ4v) is 1.86. The number of carbonyl (C=O) groups excluding carboxylic acids is 1. The zero-order valence-corrected chi connectivity index (χ0v) is 12.5. The number of halogens is 2. The summed E-state index contributed by atoms with van der Waals surface area (Å²) in [5.41, 5.74) is 2.18. The van der Waals surface area contributed by atoms with Crippen molar-refractivity contribution >= 4 is 18.4 Å². The lowest BCUT2D eigenvalue weighted by atomic mass is 10.1. The van der Waals surface area contributed by atoms with Crippen molar-refractivity contribution in [3.8, 4) is 0 Å². The van der Waals surface area contributed by atoms with Gasteiger partial charge in [-0.25, -0.2) is 9.18 Å². The highest BCUT2D eigenvalue weighted by Crippen LogP contribution is 2.08. The van der Waals surface area contributed by atoms with Gasteiger partial charge in [-0.2, -0.15) is 0 Å². The molecule has 21 heavy (non-hydrogen) atoms. The first-order chi connectivity index (χ1) is 9.70. The van der Waals surface area contributed by atoms with Crippen LogP contribution >= 0.6 is 12.4 Å². The van der Waals surface area contributed by atoms with Crippen molar-refractivity contribution in [1.82, 2.24) is 5.32 Å². The predicted molar refractivity (Wildman–Crippen MR) is 82.0 cm³/mol. The van der Waals surface area contributed by atoms with Gasteiger partial charge in [0.05, 0.1) is 12.7 Å². The summed E-state index contributed by atoms with van der Waals surface area (Å²) in [6, 6.07) is 13.8. The predicted octanol–water partition coefficient (Wildman–Crippen LogP) is 3.32. The Morgan fingerprint density at radius 3 is 2.38 bits per heavy atom. The minimum Gasteiger partial charge on any atom is -0.465 e. The van der Waals surface area contributed by atoms with Crippen molar-refractivity contribution < 1.29 is 13.9 Å². The number of ether oxygens (including phenoxy) is 1. The largest absolute Gasteiger partial charge is 0.465 e. The first-order valence-electron chi connectivity index (χ1n) is 6.32. The number of esters is 1. The Hall–Kier alpha value is -1.91. The Balaban J connectivity index is 0.00000220. The second kappa shape index (κ2) is 8.39. The van der Waals surface area contributed by atoms with Crippen LogP contribution in [0.1, 0.15) is 21.5 Å². The molecular weight excluding hydrogens is 293 g/mol. The maximum Gasteiger partial charge on any atom is 0.337 e. The average Bonchev–Trinajstić information content (AvgIpc) is 2.49. The third-order valence-electron chi connectivity index (χ3n) is 2.98. The first kappa shape index (κ1) is 17.1. The molecule has 0 saturated heterocycles. The smallest absolute Gasteiger partial charge is 0.337 e. The van der Waals surface area contributed by atoms with Crippen LogP contribution in [0, 0.1) is 5.82 Å². The summed E-state index contributed by atoms with van der Waals surface area (Å²) < 4.78 is 18.0. The number of hydrogen-bond acceptors (Lipinski definition) is 3. The van der Waals surface area contributed by atoms with E-state index in [0.717, 1.165) is 5.56 Å². The molecule has 1 N–H and O–H groups in total. The Bertz CT molecular complexity index is 587. The summed E-state index contributed by atoms with van der Waals surface area (Å²) in [5.74, 6) is -0.558. The molecule has 0 fully saturated rings. The molecule has 0 saturated carbocycles. The molecule has 0 aliphatic rings. The van der Waals surface area contributed by atoms with Gasteiger partial charge in [0.2, 0.25) is 0 Å². The minimum atomic E-state index is -0.351. The van der Waals surface area contributed by atoms with Gasteiger partial charge in [0.1, 0.15) is 5.82 Å². The molecule has 0 spiro atoms. The topological polar surface area (TPSA) is 38.3 Å². The number of methoxy groups -OCH3 is 1. The van der Waals surface area contributed by atoms with Crippen molar-refractivity contribution in [2.45, 2.75) is 13.1 Å². The van der Waals surface area contributed by atoms with Crippen molar-refractivity contribution in [1.29, 1.82) is 0 Å². The molecule has 112 valence electrons. The van der Waals surface area contributed by atoms with Crippen molar-refractivity contribution in [3.05, 3.63) is 71.0 Å². The highest BCUT2D eigenvalue weighted by atomic mass is 35.5. The maximum atomic E-state index is 13.4. The van der Waals surface area contributed by atoms with Gasteiger partial charge in [0.25, 0.3) is 0 Å². The van der Waals surface area contributed by atoms with E-state index in [2.05, 4.69) is 10.1 Å². The van der Waals surface area contributed by atoms with Gasteiger partial charge < -0.3 is 10.1 Å². The molecule has 0 bridgehead atoms. The van der Waals surface area contributed by atoms with Crippen LogP contribution in [0.2, 0.25) is 0 Å². The van der Waals surface area contributed by atoms with Crippen LogP contribution in [-0.2, 0) is 17.8 Å². The number of hydrogen-bond donors (Lipinski definition) is 1. The van der Waals surface area contributed by atoms with Crippen LogP contribution in [0.3, 0.4) is 0 Å². The molecule has 2 aromatic carbocycles. The highest BCUT2D eigenvalue weighted by molar-refractivity contribution is 5.89. The summed E-state index contributed by atoms with van der Waals surface area (Å²) in [7, 11) is 1.35. The molecule has 0 unspecified atom stereocenters. The van der Waals surface area contributed by atoms with Crippen molar-refractivity contribution in [2.75, 3.05) is 7.11 Å². The van der Waals surface area contributed by atoms with E-state index in [1.165, 1.54) is 13.2 Å². The number of nitrogens with one attached hydrogen (secondary N) is 1. The minimum absolute atomic E-state index is 0. The van der Waals surface area contributed by atoms with Gasteiger partial charge in [-0.05, 0) is 23.8 Å². The average molecular weight is 310 g/mol. The van der Waals surface area contributed by atoms with Gasteiger partial charge in [-0.15, -0.1) is 12.4 Å². The van der Waals surface area contributed by atoms with Crippen molar-refractivity contribution in [3.63, 3.8) is 0 Å². The Morgan fingerprint density at radius 2 is 1.76 bits per heavy atom. The highest BCUT2D eigenvalue weighted by Gasteiger charge is 2.04. The Labute approximate surface area is 129 Å². The van der Waals surface area contributed by atoms with E-state index in [4.69, 9.17) is 0 Å². The van der Waals surface area contributed by atoms with Gasteiger partial charge in [-0.1, -0.05) is 30.3 Å². The lowest BCUT2D eigenvalue weighted by Crippen LogP contribution is -2.13. The molecular formula is C16H17ClFNO2. The van der Waals surface area contributed by atoms with E-state index in [1.54, 1.807) is 24.3 Å². The fourth-order valence-electron chi connectivity index (χ4n) is 1.86. The summed E-state index contributed by atoms with van der Waals surface area (Å²) >= 11 is 0. The molecule has 0 aliphatic carbocycles. The molecule has 2 aromatic rings. The van der Waals surface area contributed by atoms with Crippen LogP contribution in [0.5, 0.6) is 0 Å². The second-order valence-electron chi connectivity index (χ2n) is 4.38. The van der Waals surface area contributed by atoms with Gasteiger partial charge >= 0.3 is 5.97 Å². The van der Waals surface area contributed by atoms with Crippen LogP contribution in [0.25, 0.3) is 0 Å². The molecule has 0 aliphatic heterocycles. The lowest BCUT2D eigenvalue weighted by molar-refractivity contribution is 0.0600. The molecule has 0 heterocycles. The number of carbonyl (C=O) groups is 1. The number of rotatable bonds is 5. The van der Waals surface area contributed by atoms with E-state index >= 15 is 0 Å². The molecule has 0 radical (unpaired) electrons. The maximum absolute atomic E-state index is 13.4. The van der Waals surface area contributed by atoms with Gasteiger partial charge in [0.15, 0.2) is 0 Å². The van der Waals surface area contributed by atoms with Gasteiger partial charge in [-0.3, -0.25) is 0 Å². The van der Waals surface area contributed by atoms with Crippen LogP contribution < -0.4 is 5.32 Å². The first-order valence-corrected chi connectivity index (χ1v) is 6.32. The molecule has 3 nitrogen and oxygen atoms in total. The quantitative estimate of drug-likeness (QED) is 0.861. The molecule has 5 heteroatoms. The molecule has 2 rings (SSSR count). The van der Waals surface area contributed by atoms with Gasteiger partial charge in [0, 0.05) is 18.7 Å². The Morgan fingerprint density at radius 1 is 1.10 bits per heavy atom. The van der Waals surface area contributed by atoms with Crippen LogP contribution in [-0.4, -0.2) is 13.1 Å².